The molecule has 0 aliphatic carbocycles. The Bertz CT molecular complexity index is 397. The molecule has 0 bridgehead atoms. The zero-order valence-corrected chi connectivity index (χ0v) is 28.2. The number of ether oxygens (including phenoxy) is 1. The fourth-order valence-corrected chi connectivity index (χ4v) is 8.11. The number of halogens is 5. The number of unbranched alkanes of at least 4 members (excludes halogenated alkanes) is 4. The summed E-state index contributed by atoms with van der Waals surface area (Å²) in [5.74, 6) is 0.753. The zero-order chi connectivity index (χ0) is 21.5. The third kappa shape index (κ3) is 15.8. The second kappa shape index (κ2) is 19.6. The Morgan fingerprint density at radius 1 is 0.750 bits per heavy atom. The van der Waals surface area contributed by atoms with Crippen LogP contribution in [-0.4, -0.2) is 32.2 Å². The third-order valence-corrected chi connectivity index (χ3v) is 15.5. The molecule has 0 aliphatic rings. The number of hydrogen-bond acceptors (Lipinski definition) is 2. The maximum Gasteiger partial charge on any atom is 0.305 e. The van der Waals surface area contributed by atoms with E-state index in [9.17, 15) is 4.79 Å². The summed E-state index contributed by atoms with van der Waals surface area (Å²) < 4.78 is 8.88. The third-order valence-electron chi connectivity index (χ3n) is 5.01. The van der Waals surface area contributed by atoms with Gasteiger partial charge in [-0.1, -0.05) is 152 Å². The van der Waals surface area contributed by atoms with Gasteiger partial charge in [0, 0.05) is 26.0 Å². The van der Waals surface area contributed by atoms with Crippen molar-refractivity contribution in [3.63, 3.8) is 0 Å². The lowest BCUT2D eigenvalue weighted by molar-refractivity contribution is -0.143. The molecule has 0 fully saturated rings. The van der Waals surface area contributed by atoms with E-state index in [2.05, 4.69) is 127 Å². The first-order valence-electron chi connectivity index (χ1n) is 10.6. The summed E-state index contributed by atoms with van der Waals surface area (Å²) in [5, 5.41) is 0. The Balaban J connectivity index is 3.90. The number of alkyl halides is 5. The van der Waals surface area contributed by atoms with E-state index in [-0.39, 0.29) is 5.97 Å². The van der Waals surface area contributed by atoms with E-state index >= 15 is 0 Å². The Hall–Kier alpha value is 3.12. The molecule has 0 aromatic heterocycles. The van der Waals surface area contributed by atoms with Crippen LogP contribution in [-0.2, 0) is 9.53 Å². The van der Waals surface area contributed by atoms with Gasteiger partial charge in [0.15, 0.2) is 0 Å². The normalized spacial score (nSPS) is 18.1. The molecular weight excluding hydrogens is 919 g/mol. The lowest BCUT2D eigenvalue weighted by Crippen LogP contribution is -2.25. The molecule has 0 amide bonds. The van der Waals surface area contributed by atoms with Crippen molar-refractivity contribution >= 4 is 119 Å². The highest BCUT2D eigenvalue weighted by Crippen LogP contribution is 2.34. The van der Waals surface area contributed by atoms with E-state index in [0.717, 1.165) is 38.4 Å². The van der Waals surface area contributed by atoms with Crippen LogP contribution in [0.4, 0.5) is 0 Å². The molecule has 0 saturated carbocycles. The fourth-order valence-electron chi connectivity index (χ4n) is 3.05. The van der Waals surface area contributed by atoms with Gasteiger partial charge in [-0.2, -0.15) is 0 Å². The van der Waals surface area contributed by atoms with Crippen molar-refractivity contribution in [2.75, 3.05) is 6.61 Å². The number of carbonyl (C=O) groups is 1. The summed E-state index contributed by atoms with van der Waals surface area (Å²) in [6, 6.07) is 0. The van der Waals surface area contributed by atoms with Crippen molar-refractivity contribution in [1.82, 2.24) is 0 Å². The molecule has 0 aromatic carbocycles. The molecule has 28 heavy (non-hydrogen) atoms. The van der Waals surface area contributed by atoms with E-state index in [1.165, 1.54) is 44.9 Å². The van der Waals surface area contributed by atoms with Gasteiger partial charge >= 0.3 is 5.97 Å². The van der Waals surface area contributed by atoms with Crippen LogP contribution in [0.2, 0.25) is 0 Å². The molecule has 0 aliphatic heterocycles. The predicted octanol–water partition coefficient (Wildman–Crippen LogP) is 9.12. The van der Waals surface area contributed by atoms with Gasteiger partial charge in [0.25, 0.3) is 0 Å². The van der Waals surface area contributed by atoms with Gasteiger partial charge in [0.2, 0.25) is 0 Å². The number of carbonyl (C=O) groups excluding carboxylic acids is 1. The lowest BCUT2D eigenvalue weighted by atomic mass is 9.96. The molecule has 6 unspecified atom stereocenters. The largest absolute Gasteiger partial charge is 0.466 e. The highest BCUT2D eigenvalue weighted by molar-refractivity contribution is 14.1. The van der Waals surface area contributed by atoms with Crippen LogP contribution in [0.5, 0.6) is 0 Å². The molecule has 0 rings (SSSR count). The summed E-state index contributed by atoms with van der Waals surface area (Å²) in [7, 11) is 0. The Morgan fingerprint density at radius 2 is 1.32 bits per heavy atom. The molecule has 2 nitrogen and oxygen atoms in total. The van der Waals surface area contributed by atoms with Crippen molar-refractivity contribution in [3.8, 4) is 0 Å². The molecule has 0 heterocycles. The first-order valence-corrected chi connectivity index (χ1v) is 16.8. The van der Waals surface area contributed by atoms with E-state index in [0.29, 0.717) is 13.0 Å². The van der Waals surface area contributed by atoms with E-state index in [1.54, 1.807) is 0 Å². The van der Waals surface area contributed by atoms with Gasteiger partial charge in [-0.05, 0) is 44.9 Å². The highest BCUT2D eigenvalue weighted by Gasteiger charge is 2.25. The minimum atomic E-state index is -0.0390. The standard InChI is InChI=1S/C21H37I5O2/c1-4-16(22)20(26)14-18(24)15(3)13-19(25)17(23)11-9-7-6-8-10-12-21(27)28-5-2/h15-20H,4-14H2,1-3H3. The number of rotatable bonds is 17. The minimum Gasteiger partial charge on any atom is -0.466 e. The summed E-state index contributed by atoms with van der Waals surface area (Å²) >= 11 is 13.4. The first kappa shape index (κ1) is 31.1. The van der Waals surface area contributed by atoms with Crippen molar-refractivity contribution < 1.29 is 9.53 Å². The summed E-state index contributed by atoms with van der Waals surface area (Å²) in [6.07, 6.45) is 11.8. The van der Waals surface area contributed by atoms with Gasteiger partial charge in [-0.15, -0.1) is 0 Å². The molecule has 7 heteroatoms. The van der Waals surface area contributed by atoms with Gasteiger partial charge in [0.05, 0.1) is 6.61 Å². The maximum absolute atomic E-state index is 11.3. The molecule has 0 aromatic rings. The highest BCUT2D eigenvalue weighted by atomic mass is 127. The van der Waals surface area contributed by atoms with Crippen LogP contribution in [0, 0.1) is 5.92 Å². The van der Waals surface area contributed by atoms with Crippen LogP contribution in [0.3, 0.4) is 0 Å². The maximum atomic E-state index is 11.3. The van der Waals surface area contributed by atoms with Crippen molar-refractivity contribution in [2.24, 2.45) is 5.92 Å². The number of esters is 1. The second-order valence-corrected chi connectivity index (χ2v) is 15.5. The minimum absolute atomic E-state index is 0.0390. The Morgan fingerprint density at radius 3 is 1.93 bits per heavy atom. The quantitative estimate of drug-likeness (QED) is 0.0630. The lowest BCUT2D eigenvalue weighted by Gasteiger charge is -2.26. The van der Waals surface area contributed by atoms with Crippen LogP contribution >= 0.6 is 113 Å². The van der Waals surface area contributed by atoms with Gasteiger partial charge in [-0.25, -0.2) is 0 Å². The monoisotopic (exact) mass is 956 g/mol. The van der Waals surface area contributed by atoms with Gasteiger partial charge < -0.3 is 4.74 Å². The molecule has 0 N–H and O–H groups in total. The molecule has 6 atom stereocenters. The van der Waals surface area contributed by atoms with Crippen molar-refractivity contribution in [2.45, 2.75) is 105 Å². The first-order chi connectivity index (χ1) is 13.2. The average Bonchev–Trinajstić information content (AvgIpc) is 2.66. The fraction of sp³-hybridized carbons (Fsp3) is 0.952. The van der Waals surface area contributed by atoms with Gasteiger partial charge in [-0.3, -0.25) is 4.79 Å². The molecular formula is C21H37I5O2. The van der Waals surface area contributed by atoms with Crippen LogP contribution < -0.4 is 0 Å². The zero-order valence-electron chi connectivity index (χ0n) is 17.4. The average molecular weight is 956 g/mol. The van der Waals surface area contributed by atoms with Crippen LogP contribution in [0.25, 0.3) is 0 Å². The van der Waals surface area contributed by atoms with Crippen molar-refractivity contribution in [3.05, 3.63) is 0 Å². The van der Waals surface area contributed by atoms with Crippen molar-refractivity contribution in [1.29, 1.82) is 0 Å². The van der Waals surface area contributed by atoms with E-state index in [4.69, 9.17) is 4.74 Å². The van der Waals surface area contributed by atoms with E-state index < -0.39 is 0 Å². The van der Waals surface area contributed by atoms with E-state index in [1.807, 2.05) is 6.92 Å². The summed E-state index contributed by atoms with van der Waals surface area (Å²) in [4.78, 5) is 11.3. The molecule has 168 valence electrons. The predicted molar refractivity (Wildman–Crippen MR) is 167 cm³/mol. The molecule has 0 spiro atoms. The second-order valence-electron chi connectivity index (χ2n) is 7.55. The topological polar surface area (TPSA) is 26.3 Å². The molecule has 0 radical (unpaired) electrons. The van der Waals surface area contributed by atoms with Crippen LogP contribution in [0.15, 0.2) is 0 Å². The number of hydrogen-bond donors (Lipinski definition) is 0. The Kier molecular flexibility index (Phi) is 21.8. The SMILES string of the molecule is CCOC(=O)CCCCCCCC(I)C(I)CC(C)C(I)CC(I)C(I)CC. The Labute approximate surface area is 242 Å². The summed E-state index contributed by atoms with van der Waals surface area (Å²) in [6.45, 7) is 7.12. The smallest absolute Gasteiger partial charge is 0.305 e. The van der Waals surface area contributed by atoms with Crippen LogP contribution in [0.1, 0.15) is 85.0 Å². The summed E-state index contributed by atoms with van der Waals surface area (Å²) in [5.41, 5.74) is 0. The van der Waals surface area contributed by atoms with Gasteiger partial charge in [0.1, 0.15) is 0 Å². The molecule has 0 saturated heterocycles.